The Hall–Kier alpha value is -5.43. The van der Waals surface area contributed by atoms with Crippen LogP contribution < -0.4 is 5.32 Å². The predicted molar refractivity (Wildman–Crippen MR) is 189 cm³/mol. The third-order valence-corrected chi connectivity index (χ3v) is 10.3. The van der Waals surface area contributed by atoms with Crippen LogP contribution in [0.4, 0.5) is 0 Å². The summed E-state index contributed by atoms with van der Waals surface area (Å²) >= 11 is 0. The highest BCUT2D eigenvalue weighted by Crippen LogP contribution is 2.52. The molecule has 0 radical (unpaired) electrons. The van der Waals surface area contributed by atoms with E-state index in [1.165, 1.54) is 31.1 Å². The van der Waals surface area contributed by atoms with Crippen LogP contribution >= 0.6 is 0 Å². The van der Waals surface area contributed by atoms with E-state index in [1.807, 2.05) is 44.2 Å². The van der Waals surface area contributed by atoms with Crippen molar-refractivity contribution in [1.82, 2.24) is 15.1 Å². The molecular formula is C39H44N4O9. The fraction of sp³-hybridized carbons (Fsp3) is 0.410. The second-order valence-corrected chi connectivity index (χ2v) is 13.4. The van der Waals surface area contributed by atoms with Gasteiger partial charge in [-0.1, -0.05) is 93.1 Å². The first-order chi connectivity index (χ1) is 24.9. The SMILES string of the molecule is CC[C@H](C)[C@H](OCc1ccccc1)[C@H]1[C@H]([N+](=O)[O-])[C@H](c2ccccc2)N(C(=O)CN2C(=O)c3ccccc3C2=O)[C@]1(C)C(=O)NCCCC(=O)OC. The highest BCUT2D eigenvalue weighted by Gasteiger charge is 2.70. The van der Waals surface area contributed by atoms with E-state index < -0.39 is 70.7 Å². The zero-order valence-electron chi connectivity index (χ0n) is 29.7. The van der Waals surface area contributed by atoms with Gasteiger partial charge in [0, 0.05) is 17.9 Å². The number of amides is 4. The molecule has 2 aliphatic rings. The van der Waals surface area contributed by atoms with Gasteiger partial charge < -0.3 is 19.7 Å². The molecule has 13 heteroatoms. The van der Waals surface area contributed by atoms with Crippen LogP contribution in [-0.2, 0) is 30.5 Å². The van der Waals surface area contributed by atoms with E-state index in [9.17, 15) is 34.1 Å². The first-order valence-electron chi connectivity index (χ1n) is 17.4. The van der Waals surface area contributed by atoms with E-state index in [0.717, 1.165) is 10.5 Å². The minimum Gasteiger partial charge on any atom is -0.469 e. The van der Waals surface area contributed by atoms with E-state index in [1.54, 1.807) is 42.5 Å². The fourth-order valence-electron chi connectivity index (χ4n) is 7.49. The molecule has 0 unspecified atom stereocenters. The number of nitrogens with zero attached hydrogens (tertiary/aromatic N) is 3. The number of imide groups is 1. The van der Waals surface area contributed by atoms with E-state index in [2.05, 4.69) is 5.32 Å². The van der Waals surface area contributed by atoms with Crippen molar-refractivity contribution in [2.24, 2.45) is 11.8 Å². The van der Waals surface area contributed by atoms with E-state index in [4.69, 9.17) is 9.47 Å². The molecular weight excluding hydrogens is 668 g/mol. The molecule has 2 heterocycles. The molecule has 0 aromatic heterocycles. The summed E-state index contributed by atoms with van der Waals surface area (Å²) < 4.78 is 11.3. The highest BCUT2D eigenvalue weighted by molar-refractivity contribution is 6.22. The standard InChI is InChI=1S/C39H44N4O9/c1-5-25(2)35(52-24-26-15-8-6-9-16-26)32-34(43(49)50)33(27-17-10-7-11-18-27)42(39(32,3)38(48)40-22-14-21-31(45)51-4)30(44)23-41-36(46)28-19-12-13-20-29(28)37(41)47/h6-13,15-20,25,32-35H,5,14,21-24H2,1-4H3,(H,40,48)/t25-,32+,33-,34-,35-,39-/m0/s1. The molecule has 274 valence electrons. The average Bonchev–Trinajstić information content (AvgIpc) is 3.58. The lowest BCUT2D eigenvalue weighted by Crippen LogP contribution is -2.63. The molecule has 0 bridgehead atoms. The summed E-state index contributed by atoms with van der Waals surface area (Å²) in [4.78, 5) is 83.3. The first-order valence-corrected chi connectivity index (χ1v) is 17.4. The summed E-state index contributed by atoms with van der Waals surface area (Å²) in [6.45, 7) is 4.65. The number of likely N-dealkylation sites (tertiary alicyclic amines) is 1. The van der Waals surface area contributed by atoms with Crippen molar-refractivity contribution in [3.63, 3.8) is 0 Å². The number of nitro groups is 1. The Morgan fingerprint density at radius 1 is 0.942 bits per heavy atom. The topological polar surface area (TPSA) is 165 Å². The normalized spacial score (nSPS) is 22.1. The zero-order chi connectivity index (χ0) is 37.6. The number of ether oxygens (including phenoxy) is 2. The largest absolute Gasteiger partial charge is 0.469 e. The number of hydrogen-bond acceptors (Lipinski definition) is 9. The molecule has 5 rings (SSSR count). The van der Waals surface area contributed by atoms with Crippen LogP contribution in [0, 0.1) is 22.0 Å². The predicted octanol–water partition coefficient (Wildman–Crippen LogP) is 4.59. The van der Waals surface area contributed by atoms with Gasteiger partial charge in [-0.05, 0) is 42.5 Å². The molecule has 52 heavy (non-hydrogen) atoms. The van der Waals surface area contributed by atoms with Gasteiger partial charge in [0.15, 0.2) is 0 Å². The van der Waals surface area contributed by atoms with Gasteiger partial charge in [-0.15, -0.1) is 0 Å². The minimum atomic E-state index is -1.94. The number of hydrogen-bond donors (Lipinski definition) is 1. The van der Waals surface area contributed by atoms with Gasteiger partial charge in [0.2, 0.25) is 17.9 Å². The minimum absolute atomic E-state index is 0.00862. The van der Waals surface area contributed by atoms with Crippen LogP contribution in [0.5, 0.6) is 0 Å². The number of methoxy groups -OCH3 is 1. The molecule has 6 atom stereocenters. The van der Waals surface area contributed by atoms with E-state index in [-0.39, 0.29) is 43.0 Å². The fourth-order valence-corrected chi connectivity index (χ4v) is 7.49. The molecule has 1 fully saturated rings. The van der Waals surface area contributed by atoms with Crippen LogP contribution in [0.25, 0.3) is 0 Å². The van der Waals surface area contributed by atoms with Crippen LogP contribution in [0.3, 0.4) is 0 Å². The summed E-state index contributed by atoms with van der Waals surface area (Å²) in [5, 5.41) is 16.3. The Balaban J connectivity index is 1.64. The van der Waals surface area contributed by atoms with Crippen molar-refractivity contribution in [2.75, 3.05) is 20.2 Å². The van der Waals surface area contributed by atoms with Crippen LogP contribution in [0.1, 0.15) is 77.9 Å². The lowest BCUT2D eigenvalue weighted by Gasteiger charge is -2.42. The van der Waals surface area contributed by atoms with Gasteiger partial charge >= 0.3 is 5.97 Å². The summed E-state index contributed by atoms with van der Waals surface area (Å²) in [6, 6.07) is 21.1. The second kappa shape index (κ2) is 16.3. The third kappa shape index (κ3) is 7.31. The highest BCUT2D eigenvalue weighted by atomic mass is 16.6. The van der Waals surface area contributed by atoms with Gasteiger partial charge in [0.05, 0.1) is 36.9 Å². The van der Waals surface area contributed by atoms with Gasteiger partial charge in [0.1, 0.15) is 18.1 Å². The summed E-state index contributed by atoms with van der Waals surface area (Å²) in [5.74, 6) is -4.87. The molecule has 1 N–H and O–H groups in total. The van der Waals surface area contributed by atoms with Crippen molar-refractivity contribution in [2.45, 2.75) is 70.4 Å². The lowest BCUT2D eigenvalue weighted by atomic mass is 9.74. The number of carbonyl (C=O) groups is 5. The van der Waals surface area contributed by atoms with Gasteiger partial charge in [-0.2, -0.15) is 0 Å². The number of esters is 1. The molecule has 2 aliphatic heterocycles. The van der Waals surface area contributed by atoms with Gasteiger partial charge in [-0.3, -0.25) is 39.0 Å². The third-order valence-electron chi connectivity index (χ3n) is 10.3. The molecule has 0 saturated carbocycles. The van der Waals surface area contributed by atoms with Crippen molar-refractivity contribution in [3.05, 3.63) is 117 Å². The number of rotatable bonds is 15. The molecule has 3 aromatic carbocycles. The first kappa shape index (κ1) is 37.8. The maximum Gasteiger partial charge on any atom is 0.305 e. The van der Waals surface area contributed by atoms with E-state index in [0.29, 0.717) is 12.0 Å². The Bertz CT molecular complexity index is 1770. The summed E-state index contributed by atoms with van der Waals surface area (Å²) in [6.07, 6.45) is -0.146. The number of carbonyl (C=O) groups excluding carboxylic acids is 5. The van der Waals surface area contributed by atoms with Crippen LogP contribution in [0.2, 0.25) is 0 Å². The van der Waals surface area contributed by atoms with E-state index >= 15 is 0 Å². The number of benzene rings is 3. The number of nitrogens with one attached hydrogen (secondary N) is 1. The van der Waals surface area contributed by atoms with Crippen LogP contribution in [0.15, 0.2) is 84.9 Å². The maximum atomic E-state index is 14.8. The zero-order valence-corrected chi connectivity index (χ0v) is 29.7. The Labute approximate surface area is 302 Å². The lowest BCUT2D eigenvalue weighted by molar-refractivity contribution is -0.536. The molecule has 1 saturated heterocycles. The Morgan fingerprint density at radius 3 is 2.08 bits per heavy atom. The van der Waals surface area contributed by atoms with Crippen LogP contribution in [-0.4, -0.2) is 82.2 Å². The van der Waals surface area contributed by atoms with Gasteiger partial charge in [0.25, 0.3) is 11.8 Å². The quantitative estimate of drug-likeness (QED) is 0.0780. The molecule has 0 aliphatic carbocycles. The maximum absolute atomic E-state index is 14.8. The monoisotopic (exact) mass is 712 g/mol. The summed E-state index contributed by atoms with van der Waals surface area (Å²) in [5.41, 5.74) is -0.444. The summed E-state index contributed by atoms with van der Waals surface area (Å²) in [7, 11) is 1.26. The average molecular weight is 713 g/mol. The van der Waals surface area contributed by atoms with Gasteiger partial charge in [-0.25, -0.2) is 0 Å². The van der Waals surface area contributed by atoms with Crippen molar-refractivity contribution in [3.8, 4) is 0 Å². The van der Waals surface area contributed by atoms with Crippen molar-refractivity contribution in [1.29, 1.82) is 0 Å². The molecule has 4 amide bonds. The Morgan fingerprint density at radius 2 is 1.52 bits per heavy atom. The molecule has 3 aromatic rings. The second-order valence-electron chi connectivity index (χ2n) is 13.4. The Kier molecular flexibility index (Phi) is 11.8. The number of fused-ring (bicyclic) bond motifs is 1. The van der Waals surface area contributed by atoms with Crippen molar-refractivity contribution < 1.29 is 38.4 Å². The molecule has 13 nitrogen and oxygen atoms in total. The smallest absolute Gasteiger partial charge is 0.305 e. The molecule has 0 spiro atoms. The van der Waals surface area contributed by atoms with Crippen molar-refractivity contribution >= 4 is 29.6 Å².